The van der Waals surface area contributed by atoms with Gasteiger partial charge in [-0.05, 0) is 13.8 Å². The second-order valence-electron chi connectivity index (χ2n) is 4.13. The summed E-state index contributed by atoms with van der Waals surface area (Å²) in [7, 11) is 0. The predicted molar refractivity (Wildman–Crippen MR) is 56.3 cm³/mol. The van der Waals surface area contributed by atoms with Crippen molar-refractivity contribution in [1.82, 2.24) is 20.0 Å². The molecule has 0 bridgehead atoms. The highest BCUT2D eigenvalue weighted by atomic mass is 19.1. The number of hydrogen-bond donors (Lipinski definition) is 1. The van der Waals surface area contributed by atoms with Crippen LogP contribution in [0.3, 0.4) is 0 Å². The maximum absolute atomic E-state index is 12.9. The molecule has 0 amide bonds. The van der Waals surface area contributed by atoms with Crippen LogP contribution in [0, 0.1) is 5.82 Å². The van der Waals surface area contributed by atoms with E-state index in [1.165, 1.54) is 16.9 Å². The lowest BCUT2D eigenvalue weighted by Crippen LogP contribution is -2.29. The van der Waals surface area contributed by atoms with Gasteiger partial charge in [-0.25, -0.2) is 9.07 Å². The largest absolute Gasteiger partial charge is 0.320 e. The van der Waals surface area contributed by atoms with Crippen LogP contribution in [0.1, 0.15) is 19.5 Å². The Morgan fingerprint density at radius 1 is 1.38 bits per heavy atom. The standard InChI is InChI=1S/C10H12FN5/c1-10(2,12)9-6-16(15-14-9)8-3-7(11)4-13-5-8/h3-6H,12H2,1-2H3. The monoisotopic (exact) mass is 221 g/mol. The number of rotatable bonds is 2. The molecule has 0 aliphatic heterocycles. The highest BCUT2D eigenvalue weighted by molar-refractivity contribution is 5.27. The number of pyridine rings is 1. The summed E-state index contributed by atoms with van der Waals surface area (Å²) in [6, 6.07) is 1.33. The van der Waals surface area contributed by atoms with Crippen molar-refractivity contribution in [1.29, 1.82) is 0 Å². The van der Waals surface area contributed by atoms with Gasteiger partial charge in [-0.15, -0.1) is 5.10 Å². The van der Waals surface area contributed by atoms with Crippen molar-refractivity contribution in [3.05, 3.63) is 36.2 Å². The Labute approximate surface area is 92.1 Å². The Bertz CT molecular complexity index is 500. The molecule has 0 saturated heterocycles. The van der Waals surface area contributed by atoms with Gasteiger partial charge in [0.1, 0.15) is 11.5 Å². The zero-order valence-electron chi connectivity index (χ0n) is 9.05. The molecule has 2 heterocycles. The lowest BCUT2D eigenvalue weighted by atomic mass is 10.0. The molecule has 6 heteroatoms. The summed E-state index contributed by atoms with van der Waals surface area (Å²) in [5.74, 6) is -0.415. The highest BCUT2D eigenvalue weighted by Gasteiger charge is 2.18. The minimum atomic E-state index is -0.570. The molecule has 2 N–H and O–H groups in total. The molecule has 5 nitrogen and oxygen atoms in total. The van der Waals surface area contributed by atoms with Gasteiger partial charge in [0.05, 0.1) is 29.8 Å². The first-order chi connectivity index (χ1) is 7.47. The summed E-state index contributed by atoms with van der Waals surface area (Å²) < 4.78 is 14.4. The van der Waals surface area contributed by atoms with Crippen LogP contribution < -0.4 is 5.73 Å². The van der Waals surface area contributed by atoms with E-state index in [4.69, 9.17) is 5.73 Å². The first-order valence-electron chi connectivity index (χ1n) is 4.79. The number of nitrogens with two attached hydrogens (primary N) is 1. The topological polar surface area (TPSA) is 69.6 Å². The van der Waals surface area contributed by atoms with Crippen molar-refractivity contribution >= 4 is 0 Å². The summed E-state index contributed by atoms with van der Waals surface area (Å²) >= 11 is 0. The van der Waals surface area contributed by atoms with E-state index in [0.29, 0.717) is 11.4 Å². The smallest absolute Gasteiger partial charge is 0.143 e. The molecule has 16 heavy (non-hydrogen) atoms. The highest BCUT2D eigenvalue weighted by Crippen LogP contribution is 2.14. The van der Waals surface area contributed by atoms with E-state index in [-0.39, 0.29) is 0 Å². The predicted octanol–water partition coefficient (Wildman–Crippen LogP) is 0.995. The quantitative estimate of drug-likeness (QED) is 0.821. The van der Waals surface area contributed by atoms with E-state index in [1.54, 1.807) is 6.20 Å². The maximum Gasteiger partial charge on any atom is 0.143 e. The van der Waals surface area contributed by atoms with Crippen molar-refractivity contribution in [2.24, 2.45) is 5.73 Å². The summed E-state index contributed by atoms with van der Waals surface area (Å²) in [5, 5.41) is 7.81. The van der Waals surface area contributed by atoms with E-state index in [2.05, 4.69) is 15.3 Å². The third kappa shape index (κ3) is 2.06. The molecule has 0 fully saturated rings. The molecule has 0 atom stereocenters. The van der Waals surface area contributed by atoms with Gasteiger partial charge in [-0.1, -0.05) is 5.21 Å². The second kappa shape index (κ2) is 3.64. The number of aromatic nitrogens is 4. The SMILES string of the molecule is CC(C)(N)c1cn(-c2cncc(F)c2)nn1. The van der Waals surface area contributed by atoms with Crippen LogP contribution in [0.15, 0.2) is 24.7 Å². The van der Waals surface area contributed by atoms with Crippen LogP contribution in [0.4, 0.5) is 4.39 Å². The molecule has 0 spiro atoms. The molecular formula is C10H12FN5. The number of nitrogens with zero attached hydrogens (tertiary/aromatic N) is 4. The summed E-state index contributed by atoms with van der Waals surface area (Å²) in [6.45, 7) is 3.65. The average molecular weight is 221 g/mol. The van der Waals surface area contributed by atoms with Gasteiger partial charge >= 0.3 is 0 Å². The lowest BCUT2D eigenvalue weighted by molar-refractivity contribution is 0.533. The fourth-order valence-corrected chi connectivity index (χ4v) is 1.21. The van der Waals surface area contributed by atoms with Gasteiger partial charge in [0, 0.05) is 6.07 Å². The Morgan fingerprint density at radius 3 is 2.69 bits per heavy atom. The maximum atomic E-state index is 12.9. The van der Waals surface area contributed by atoms with Crippen LogP contribution in [-0.4, -0.2) is 20.0 Å². The zero-order valence-corrected chi connectivity index (χ0v) is 9.05. The Hall–Kier alpha value is -1.82. The molecule has 84 valence electrons. The fraction of sp³-hybridized carbons (Fsp3) is 0.300. The molecule has 0 aliphatic rings. The van der Waals surface area contributed by atoms with Gasteiger partial charge in [-0.2, -0.15) is 0 Å². The zero-order chi connectivity index (χ0) is 11.8. The molecule has 0 radical (unpaired) electrons. The Balaban J connectivity index is 2.39. The Morgan fingerprint density at radius 2 is 2.12 bits per heavy atom. The summed E-state index contributed by atoms with van der Waals surface area (Å²) in [4.78, 5) is 3.74. The van der Waals surface area contributed by atoms with E-state index in [1.807, 2.05) is 13.8 Å². The van der Waals surface area contributed by atoms with E-state index in [9.17, 15) is 4.39 Å². The van der Waals surface area contributed by atoms with Crippen LogP contribution in [-0.2, 0) is 5.54 Å². The van der Waals surface area contributed by atoms with Gasteiger partial charge < -0.3 is 5.73 Å². The van der Waals surface area contributed by atoms with E-state index in [0.717, 1.165) is 6.20 Å². The minimum absolute atomic E-state index is 0.415. The van der Waals surface area contributed by atoms with E-state index < -0.39 is 11.4 Å². The molecule has 0 saturated carbocycles. The third-order valence-electron chi connectivity index (χ3n) is 2.11. The summed E-state index contributed by atoms with van der Waals surface area (Å²) in [5.41, 5.74) is 6.45. The van der Waals surface area contributed by atoms with Crippen LogP contribution in [0.25, 0.3) is 5.69 Å². The molecule has 0 unspecified atom stereocenters. The van der Waals surface area contributed by atoms with Crippen molar-refractivity contribution in [2.45, 2.75) is 19.4 Å². The molecule has 2 aromatic heterocycles. The van der Waals surface area contributed by atoms with Crippen molar-refractivity contribution in [2.75, 3.05) is 0 Å². The lowest BCUT2D eigenvalue weighted by Gasteiger charge is -2.13. The van der Waals surface area contributed by atoms with Crippen molar-refractivity contribution in [3.63, 3.8) is 0 Å². The molecule has 0 aliphatic carbocycles. The molecule has 2 aromatic rings. The average Bonchev–Trinajstić information content (AvgIpc) is 2.65. The van der Waals surface area contributed by atoms with Crippen molar-refractivity contribution < 1.29 is 4.39 Å². The molecule has 2 rings (SSSR count). The van der Waals surface area contributed by atoms with Crippen LogP contribution in [0.2, 0.25) is 0 Å². The first-order valence-corrected chi connectivity index (χ1v) is 4.79. The number of halogens is 1. The second-order valence-corrected chi connectivity index (χ2v) is 4.13. The molecular weight excluding hydrogens is 209 g/mol. The normalized spacial score (nSPS) is 11.8. The van der Waals surface area contributed by atoms with Crippen LogP contribution in [0.5, 0.6) is 0 Å². The minimum Gasteiger partial charge on any atom is -0.320 e. The third-order valence-corrected chi connectivity index (χ3v) is 2.11. The van der Waals surface area contributed by atoms with Crippen LogP contribution >= 0.6 is 0 Å². The first kappa shape index (κ1) is 10.7. The van der Waals surface area contributed by atoms with Crippen molar-refractivity contribution in [3.8, 4) is 5.69 Å². The van der Waals surface area contributed by atoms with E-state index >= 15 is 0 Å². The fourth-order valence-electron chi connectivity index (χ4n) is 1.21. The van der Waals surface area contributed by atoms with Gasteiger partial charge in [0.2, 0.25) is 0 Å². The number of hydrogen-bond acceptors (Lipinski definition) is 4. The molecule has 0 aromatic carbocycles. The van der Waals surface area contributed by atoms with Gasteiger partial charge in [0.25, 0.3) is 0 Å². The summed E-state index contributed by atoms with van der Waals surface area (Å²) in [6.07, 6.45) is 4.30. The van der Waals surface area contributed by atoms with Gasteiger partial charge in [-0.3, -0.25) is 4.98 Å². The Kier molecular flexibility index (Phi) is 2.43. The van der Waals surface area contributed by atoms with Gasteiger partial charge in [0.15, 0.2) is 0 Å².